The summed E-state index contributed by atoms with van der Waals surface area (Å²) in [4.78, 5) is 29.8. The maximum absolute atomic E-state index is 14.7. The highest BCUT2D eigenvalue weighted by atomic mass is 32.1. The number of amides is 2. The molecule has 2 amide bonds. The van der Waals surface area contributed by atoms with Gasteiger partial charge in [-0.05, 0) is 62.4 Å². The minimum atomic E-state index is -0.700. The molecule has 0 bridgehead atoms. The minimum absolute atomic E-state index is 0.0877. The molecule has 0 radical (unpaired) electrons. The predicted molar refractivity (Wildman–Crippen MR) is 112 cm³/mol. The standard InChI is InChI=1S/C23H24F2N2O3S/c1-11-5-17(25)15(8-16(11)24)21(14-9-30-10-14)26-22(28)19-7-13-6-18(13)27(19)23(29)20-4-3-12(2)31-20/h3-5,8,13-14,18-19,21H,6-7,9-10H2,1-2H3,(H,26,28)/t13?,18-,19-,21-/m1/s1. The van der Waals surface area contributed by atoms with Crippen molar-refractivity contribution < 1.29 is 23.1 Å². The normalized spacial score (nSPS) is 25.7. The molecule has 2 saturated heterocycles. The average molecular weight is 447 g/mol. The van der Waals surface area contributed by atoms with Crippen LogP contribution in [-0.4, -0.2) is 42.0 Å². The Balaban J connectivity index is 1.39. The van der Waals surface area contributed by atoms with Crippen LogP contribution in [0.25, 0.3) is 0 Å². The number of hydrogen-bond acceptors (Lipinski definition) is 4. The fourth-order valence-corrected chi connectivity index (χ4v) is 5.52. The number of nitrogens with zero attached hydrogens (tertiary/aromatic N) is 1. The Labute approximate surface area is 183 Å². The predicted octanol–water partition coefficient (Wildman–Crippen LogP) is 3.75. The van der Waals surface area contributed by atoms with Gasteiger partial charge in [0.25, 0.3) is 5.91 Å². The molecular weight excluding hydrogens is 422 g/mol. The highest BCUT2D eigenvalue weighted by Gasteiger charge is 2.56. The Bertz CT molecular complexity index is 1050. The van der Waals surface area contributed by atoms with Gasteiger partial charge in [-0.2, -0.15) is 0 Å². The quantitative estimate of drug-likeness (QED) is 0.761. The number of carbonyl (C=O) groups excluding carboxylic acids is 2. The number of piperidine rings is 1. The summed E-state index contributed by atoms with van der Waals surface area (Å²) < 4.78 is 34.2. The van der Waals surface area contributed by atoms with Gasteiger partial charge < -0.3 is 15.0 Å². The lowest BCUT2D eigenvalue weighted by Crippen LogP contribution is -2.51. The first kappa shape index (κ1) is 20.6. The van der Waals surface area contributed by atoms with Gasteiger partial charge in [-0.1, -0.05) is 0 Å². The zero-order valence-electron chi connectivity index (χ0n) is 17.4. The molecule has 2 aliphatic heterocycles. The molecule has 8 heteroatoms. The van der Waals surface area contributed by atoms with E-state index < -0.39 is 23.7 Å². The van der Waals surface area contributed by atoms with Crippen LogP contribution in [0.3, 0.4) is 0 Å². The third-order valence-corrected chi connectivity index (χ3v) is 7.63. The number of carbonyl (C=O) groups is 2. The zero-order chi connectivity index (χ0) is 21.9. The molecule has 1 aromatic carbocycles. The van der Waals surface area contributed by atoms with E-state index in [4.69, 9.17) is 4.74 Å². The maximum Gasteiger partial charge on any atom is 0.264 e. The van der Waals surface area contributed by atoms with Crippen molar-refractivity contribution in [3.8, 4) is 0 Å². The largest absolute Gasteiger partial charge is 0.381 e. The van der Waals surface area contributed by atoms with E-state index in [1.54, 1.807) is 11.0 Å². The molecule has 5 nitrogen and oxygen atoms in total. The smallest absolute Gasteiger partial charge is 0.264 e. The monoisotopic (exact) mass is 446 g/mol. The number of thiophene rings is 1. The van der Waals surface area contributed by atoms with Crippen molar-refractivity contribution in [2.24, 2.45) is 11.8 Å². The molecule has 2 aromatic rings. The molecule has 31 heavy (non-hydrogen) atoms. The van der Waals surface area contributed by atoms with Gasteiger partial charge in [-0.3, -0.25) is 9.59 Å². The number of ether oxygens (including phenoxy) is 1. The van der Waals surface area contributed by atoms with E-state index in [9.17, 15) is 18.4 Å². The van der Waals surface area contributed by atoms with Crippen LogP contribution in [0.15, 0.2) is 24.3 Å². The van der Waals surface area contributed by atoms with Crippen LogP contribution >= 0.6 is 11.3 Å². The number of benzene rings is 1. The van der Waals surface area contributed by atoms with Gasteiger partial charge in [0, 0.05) is 22.4 Å². The van der Waals surface area contributed by atoms with Gasteiger partial charge in [-0.15, -0.1) is 11.3 Å². The summed E-state index contributed by atoms with van der Waals surface area (Å²) in [5.41, 5.74) is 0.342. The van der Waals surface area contributed by atoms with E-state index in [1.165, 1.54) is 18.3 Å². The van der Waals surface area contributed by atoms with Crippen molar-refractivity contribution >= 4 is 23.2 Å². The number of hydrogen-bond donors (Lipinski definition) is 1. The lowest BCUT2D eigenvalue weighted by molar-refractivity contribution is -0.128. The van der Waals surface area contributed by atoms with Crippen LogP contribution in [0.1, 0.15) is 44.6 Å². The van der Waals surface area contributed by atoms with E-state index in [0.29, 0.717) is 30.4 Å². The van der Waals surface area contributed by atoms with E-state index in [1.807, 2.05) is 13.0 Å². The van der Waals surface area contributed by atoms with Crippen LogP contribution in [0, 0.1) is 37.3 Å². The number of likely N-dealkylation sites (tertiary alicyclic amines) is 1. The molecule has 1 aromatic heterocycles. The number of rotatable bonds is 5. The van der Waals surface area contributed by atoms with E-state index in [0.717, 1.165) is 23.4 Å². The molecule has 164 valence electrons. The summed E-state index contributed by atoms with van der Waals surface area (Å²) >= 11 is 1.42. The topological polar surface area (TPSA) is 58.6 Å². The van der Waals surface area contributed by atoms with Crippen LogP contribution in [0.5, 0.6) is 0 Å². The van der Waals surface area contributed by atoms with E-state index >= 15 is 0 Å². The fraction of sp³-hybridized carbons (Fsp3) is 0.478. The van der Waals surface area contributed by atoms with Gasteiger partial charge in [0.2, 0.25) is 5.91 Å². The van der Waals surface area contributed by atoms with Gasteiger partial charge in [0.15, 0.2) is 0 Å². The second kappa shape index (κ2) is 7.67. The first-order valence-corrected chi connectivity index (χ1v) is 11.4. The summed E-state index contributed by atoms with van der Waals surface area (Å²) in [6, 6.07) is 4.81. The summed E-state index contributed by atoms with van der Waals surface area (Å²) in [6.07, 6.45) is 1.52. The Kier molecular flexibility index (Phi) is 5.09. The zero-order valence-corrected chi connectivity index (χ0v) is 18.2. The molecule has 3 aliphatic rings. The second-order valence-corrected chi connectivity index (χ2v) is 10.1. The second-order valence-electron chi connectivity index (χ2n) is 8.84. The third-order valence-electron chi connectivity index (χ3n) is 6.64. The minimum Gasteiger partial charge on any atom is -0.381 e. The van der Waals surface area contributed by atoms with Crippen molar-refractivity contribution in [1.29, 1.82) is 0 Å². The van der Waals surface area contributed by atoms with E-state index in [-0.39, 0.29) is 34.9 Å². The lowest BCUT2D eigenvalue weighted by Gasteiger charge is -2.36. The molecule has 1 unspecified atom stereocenters. The van der Waals surface area contributed by atoms with Crippen molar-refractivity contribution in [3.63, 3.8) is 0 Å². The fourth-order valence-electron chi connectivity index (χ4n) is 4.70. The highest BCUT2D eigenvalue weighted by Crippen LogP contribution is 2.49. The van der Waals surface area contributed by atoms with Crippen molar-refractivity contribution in [1.82, 2.24) is 10.2 Å². The molecule has 1 N–H and O–H groups in total. The Morgan fingerprint density at radius 1 is 1.16 bits per heavy atom. The van der Waals surface area contributed by atoms with Crippen LogP contribution in [-0.2, 0) is 9.53 Å². The SMILES string of the molecule is Cc1ccc(C(=O)N2[C@@H](C(=O)N[C@@H](c3cc(F)c(C)cc3F)C3COC3)CC3C[C@H]32)s1. The van der Waals surface area contributed by atoms with Crippen LogP contribution < -0.4 is 5.32 Å². The van der Waals surface area contributed by atoms with Gasteiger partial charge in [0.05, 0.1) is 24.1 Å². The van der Waals surface area contributed by atoms with E-state index in [2.05, 4.69) is 5.32 Å². The summed E-state index contributed by atoms with van der Waals surface area (Å²) in [7, 11) is 0. The Morgan fingerprint density at radius 2 is 1.94 bits per heavy atom. The van der Waals surface area contributed by atoms with Crippen molar-refractivity contribution in [2.45, 2.75) is 44.8 Å². The molecule has 1 saturated carbocycles. The molecule has 5 rings (SSSR count). The molecule has 0 spiro atoms. The Hall–Kier alpha value is -2.32. The third kappa shape index (κ3) is 3.65. The summed E-state index contributed by atoms with van der Waals surface area (Å²) in [6.45, 7) is 4.18. The number of nitrogens with one attached hydrogen (secondary N) is 1. The number of aryl methyl sites for hydroxylation is 2. The first-order valence-electron chi connectivity index (χ1n) is 10.6. The Morgan fingerprint density at radius 3 is 2.58 bits per heavy atom. The first-order chi connectivity index (χ1) is 14.8. The lowest BCUT2D eigenvalue weighted by atomic mass is 9.90. The molecular formula is C23H24F2N2O3S. The number of fused-ring (bicyclic) bond motifs is 1. The van der Waals surface area contributed by atoms with Crippen molar-refractivity contribution in [2.75, 3.05) is 13.2 Å². The van der Waals surface area contributed by atoms with Gasteiger partial charge in [0.1, 0.15) is 17.7 Å². The average Bonchev–Trinajstić information content (AvgIpc) is 3.13. The maximum atomic E-state index is 14.7. The van der Waals surface area contributed by atoms with Crippen LogP contribution in [0.4, 0.5) is 8.78 Å². The van der Waals surface area contributed by atoms with Gasteiger partial charge >= 0.3 is 0 Å². The molecule has 4 atom stereocenters. The molecule has 3 heterocycles. The highest BCUT2D eigenvalue weighted by molar-refractivity contribution is 7.13. The molecule has 3 fully saturated rings. The van der Waals surface area contributed by atoms with Crippen LogP contribution in [0.2, 0.25) is 0 Å². The summed E-state index contributed by atoms with van der Waals surface area (Å²) in [5.74, 6) is -1.30. The molecule has 1 aliphatic carbocycles. The van der Waals surface area contributed by atoms with Crippen molar-refractivity contribution in [3.05, 3.63) is 56.8 Å². The number of halogens is 2. The van der Waals surface area contributed by atoms with Gasteiger partial charge in [-0.25, -0.2) is 8.78 Å². The summed E-state index contributed by atoms with van der Waals surface area (Å²) in [5, 5.41) is 2.93.